The zero-order valence-electron chi connectivity index (χ0n) is 9.53. The van der Waals surface area contributed by atoms with Gasteiger partial charge in [-0.2, -0.15) is 11.8 Å². The lowest BCUT2D eigenvalue weighted by molar-refractivity contribution is 0.318. The summed E-state index contributed by atoms with van der Waals surface area (Å²) < 4.78 is 5.61. The van der Waals surface area contributed by atoms with Gasteiger partial charge in [-0.1, -0.05) is 19.1 Å². The summed E-state index contributed by atoms with van der Waals surface area (Å²) in [6.07, 6.45) is 1.02. The number of nitrogens with one attached hydrogen (secondary N) is 1. The van der Waals surface area contributed by atoms with E-state index in [4.69, 9.17) is 15.9 Å². The maximum absolute atomic E-state index is 7.42. The van der Waals surface area contributed by atoms with E-state index in [1.165, 1.54) is 0 Å². The van der Waals surface area contributed by atoms with Crippen molar-refractivity contribution in [1.29, 1.82) is 5.41 Å². The predicted molar refractivity (Wildman–Crippen MR) is 70.6 cm³/mol. The topological polar surface area (TPSA) is 59.1 Å². The molecule has 0 spiro atoms. The minimum Gasteiger partial charge on any atom is -0.493 e. The Bertz CT molecular complexity index is 342. The van der Waals surface area contributed by atoms with Crippen molar-refractivity contribution in [2.45, 2.75) is 13.3 Å². The zero-order valence-corrected chi connectivity index (χ0v) is 10.3. The highest BCUT2D eigenvalue weighted by atomic mass is 32.2. The highest BCUT2D eigenvalue weighted by Gasteiger charge is 2.04. The largest absolute Gasteiger partial charge is 0.493 e. The van der Waals surface area contributed by atoms with Gasteiger partial charge < -0.3 is 10.5 Å². The Morgan fingerprint density at radius 2 is 2.19 bits per heavy atom. The molecule has 0 fully saturated rings. The van der Waals surface area contributed by atoms with Crippen molar-refractivity contribution in [1.82, 2.24) is 0 Å². The van der Waals surface area contributed by atoms with E-state index in [2.05, 4.69) is 6.92 Å². The van der Waals surface area contributed by atoms with E-state index in [0.29, 0.717) is 17.9 Å². The molecule has 0 amide bonds. The Kier molecular flexibility index (Phi) is 5.78. The fourth-order valence-electron chi connectivity index (χ4n) is 1.30. The number of ether oxygens (including phenoxy) is 1. The second-order valence-corrected chi connectivity index (χ2v) is 4.70. The van der Waals surface area contributed by atoms with Crippen LogP contribution in [0.4, 0.5) is 0 Å². The lowest BCUT2D eigenvalue weighted by Gasteiger charge is -2.09. The van der Waals surface area contributed by atoms with E-state index in [0.717, 1.165) is 17.9 Å². The van der Waals surface area contributed by atoms with E-state index in [1.54, 1.807) is 6.07 Å². The zero-order chi connectivity index (χ0) is 11.8. The predicted octanol–water partition coefficient (Wildman–Crippen LogP) is 2.49. The van der Waals surface area contributed by atoms with Crippen molar-refractivity contribution in [3.63, 3.8) is 0 Å². The number of hydrogen-bond donors (Lipinski definition) is 2. The number of benzene rings is 1. The third-order valence-electron chi connectivity index (χ3n) is 2.07. The van der Waals surface area contributed by atoms with Crippen LogP contribution in [0.2, 0.25) is 0 Å². The van der Waals surface area contributed by atoms with Crippen molar-refractivity contribution >= 4 is 17.6 Å². The molecule has 0 atom stereocenters. The van der Waals surface area contributed by atoms with Crippen LogP contribution in [0.1, 0.15) is 18.9 Å². The van der Waals surface area contributed by atoms with Gasteiger partial charge in [-0.15, -0.1) is 0 Å². The molecule has 16 heavy (non-hydrogen) atoms. The third kappa shape index (κ3) is 4.14. The molecular weight excluding hydrogens is 220 g/mol. The number of nitrogen functional groups attached to an aromatic ring is 1. The highest BCUT2D eigenvalue weighted by Crippen LogP contribution is 2.17. The molecule has 0 radical (unpaired) electrons. The first-order chi connectivity index (χ1) is 7.75. The minimum atomic E-state index is 0.0542. The first-order valence-corrected chi connectivity index (χ1v) is 6.55. The summed E-state index contributed by atoms with van der Waals surface area (Å²) in [7, 11) is 0. The molecule has 1 aromatic rings. The molecule has 0 aromatic heterocycles. The first kappa shape index (κ1) is 12.9. The number of hydrogen-bond acceptors (Lipinski definition) is 3. The van der Waals surface area contributed by atoms with Crippen LogP contribution in [-0.4, -0.2) is 23.9 Å². The van der Waals surface area contributed by atoms with Gasteiger partial charge >= 0.3 is 0 Å². The SMILES string of the molecule is CCSCCCOc1ccccc1C(=N)N. The first-order valence-electron chi connectivity index (χ1n) is 5.39. The van der Waals surface area contributed by atoms with Gasteiger partial charge in [-0.05, 0) is 30.1 Å². The fraction of sp³-hybridized carbons (Fsp3) is 0.417. The maximum atomic E-state index is 7.42. The van der Waals surface area contributed by atoms with Crippen LogP contribution in [0.15, 0.2) is 24.3 Å². The lowest BCUT2D eigenvalue weighted by atomic mass is 10.2. The number of amidine groups is 1. The van der Waals surface area contributed by atoms with Crippen molar-refractivity contribution in [2.75, 3.05) is 18.1 Å². The smallest absolute Gasteiger partial charge is 0.130 e. The molecule has 0 unspecified atom stereocenters. The Labute approximate surface area is 101 Å². The third-order valence-corrected chi connectivity index (χ3v) is 3.06. The number of nitrogens with two attached hydrogens (primary N) is 1. The van der Waals surface area contributed by atoms with Crippen LogP contribution in [0, 0.1) is 5.41 Å². The molecule has 0 aliphatic heterocycles. The summed E-state index contributed by atoms with van der Waals surface area (Å²) in [6.45, 7) is 2.83. The quantitative estimate of drug-likeness (QED) is 0.436. The summed E-state index contributed by atoms with van der Waals surface area (Å²) in [6, 6.07) is 7.40. The van der Waals surface area contributed by atoms with Crippen LogP contribution < -0.4 is 10.5 Å². The molecule has 0 heterocycles. The van der Waals surface area contributed by atoms with Crippen LogP contribution in [0.5, 0.6) is 5.75 Å². The van der Waals surface area contributed by atoms with Gasteiger partial charge in [0.05, 0.1) is 12.2 Å². The second kappa shape index (κ2) is 7.17. The summed E-state index contributed by atoms with van der Waals surface area (Å²) >= 11 is 1.91. The molecule has 0 saturated heterocycles. The molecular formula is C12H18N2OS. The lowest BCUT2D eigenvalue weighted by Crippen LogP contribution is -2.13. The molecule has 1 rings (SSSR count). The Balaban J connectivity index is 2.44. The molecule has 3 N–H and O–H groups in total. The average molecular weight is 238 g/mol. The summed E-state index contributed by atoms with van der Waals surface area (Å²) in [5.74, 6) is 3.01. The van der Waals surface area contributed by atoms with E-state index in [1.807, 2.05) is 30.0 Å². The van der Waals surface area contributed by atoms with Crippen molar-refractivity contribution in [2.24, 2.45) is 5.73 Å². The molecule has 0 bridgehead atoms. The Hall–Kier alpha value is -1.16. The average Bonchev–Trinajstić information content (AvgIpc) is 2.29. The van der Waals surface area contributed by atoms with E-state index in [9.17, 15) is 0 Å². The number of para-hydroxylation sites is 1. The van der Waals surface area contributed by atoms with Gasteiger partial charge in [0.2, 0.25) is 0 Å². The standard InChI is InChI=1S/C12H18N2OS/c1-2-16-9-5-8-15-11-7-4-3-6-10(11)12(13)14/h3-4,6-7H,2,5,8-9H2,1H3,(H3,13,14). The highest BCUT2D eigenvalue weighted by molar-refractivity contribution is 7.99. The number of rotatable bonds is 7. The van der Waals surface area contributed by atoms with Gasteiger partial charge in [-0.3, -0.25) is 5.41 Å². The summed E-state index contributed by atoms with van der Waals surface area (Å²) in [5.41, 5.74) is 6.14. The van der Waals surface area contributed by atoms with Crippen molar-refractivity contribution < 1.29 is 4.74 Å². The van der Waals surface area contributed by atoms with E-state index in [-0.39, 0.29) is 5.84 Å². The van der Waals surface area contributed by atoms with Crippen LogP contribution in [-0.2, 0) is 0 Å². The Morgan fingerprint density at radius 3 is 2.88 bits per heavy atom. The van der Waals surface area contributed by atoms with Gasteiger partial charge in [0.1, 0.15) is 11.6 Å². The maximum Gasteiger partial charge on any atom is 0.130 e. The van der Waals surface area contributed by atoms with E-state index >= 15 is 0 Å². The molecule has 3 nitrogen and oxygen atoms in total. The van der Waals surface area contributed by atoms with Crippen LogP contribution in [0.25, 0.3) is 0 Å². The summed E-state index contributed by atoms with van der Waals surface area (Å²) in [5, 5.41) is 7.42. The molecule has 0 saturated carbocycles. The van der Waals surface area contributed by atoms with Gasteiger partial charge in [-0.25, -0.2) is 0 Å². The molecule has 88 valence electrons. The van der Waals surface area contributed by atoms with Gasteiger partial charge in [0.25, 0.3) is 0 Å². The number of thioether (sulfide) groups is 1. The monoisotopic (exact) mass is 238 g/mol. The minimum absolute atomic E-state index is 0.0542. The molecule has 0 aliphatic rings. The summed E-state index contributed by atoms with van der Waals surface area (Å²) in [4.78, 5) is 0. The normalized spacial score (nSPS) is 10.1. The van der Waals surface area contributed by atoms with Crippen LogP contribution in [0.3, 0.4) is 0 Å². The molecule has 1 aromatic carbocycles. The Morgan fingerprint density at radius 1 is 1.44 bits per heavy atom. The van der Waals surface area contributed by atoms with Crippen LogP contribution >= 0.6 is 11.8 Å². The van der Waals surface area contributed by atoms with Gasteiger partial charge in [0, 0.05) is 0 Å². The van der Waals surface area contributed by atoms with Gasteiger partial charge in [0.15, 0.2) is 0 Å². The van der Waals surface area contributed by atoms with Crippen molar-refractivity contribution in [3.05, 3.63) is 29.8 Å². The van der Waals surface area contributed by atoms with Crippen molar-refractivity contribution in [3.8, 4) is 5.75 Å². The second-order valence-electron chi connectivity index (χ2n) is 3.31. The fourth-order valence-corrected chi connectivity index (χ4v) is 1.91. The molecule has 0 aliphatic carbocycles. The van der Waals surface area contributed by atoms with E-state index < -0.39 is 0 Å². The molecule has 4 heteroatoms.